The van der Waals surface area contributed by atoms with Crippen molar-refractivity contribution in [2.45, 2.75) is 69.7 Å². The first-order chi connectivity index (χ1) is 10.7. The zero-order valence-electron chi connectivity index (χ0n) is 13.8. The van der Waals surface area contributed by atoms with Gasteiger partial charge in [0.05, 0.1) is 35.7 Å². The van der Waals surface area contributed by atoms with Gasteiger partial charge < -0.3 is 19.7 Å². The molecule has 23 heavy (non-hydrogen) atoms. The molecule has 6 nitrogen and oxygen atoms in total. The fourth-order valence-corrected chi connectivity index (χ4v) is 4.11. The number of hydrogen-bond acceptors (Lipinski definition) is 5. The maximum absolute atomic E-state index is 12.3. The fraction of sp³-hybridized carbons (Fsp3) is 0.882. The molecule has 0 aromatic heterocycles. The van der Waals surface area contributed by atoms with Gasteiger partial charge in [-0.15, -0.1) is 0 Å². The molecule has 2 saturated carbocycles. The van der Waals surface area contributed by atoms with Crippen molar-refractivity contribution >= 4 is 11.9 Å². The molecular weight excluding hydrogens is 300 g/mol. The first-order valence-corrected chi connectivity index (χ1v) is 8.50. The number of epoxide rings is 1. The largest absolute Gasteiger partial charge is 0.481 e. The molecule has 3 rings (SSSR count). The van der Waals surface area contributed by atoms with Gasteiger partial charge in [-0.1, -0.05) is 0 Å². The van der Waals surface area contributed by atoms with Crippen molar-refractivity contribution < 1.29 is 29.3 Å². The lowest BCUT2D eigenvalue weighted by Crippen LogP contribution is -2.43. The van der Waals surface area contributed by atoms with Crippen molar-refractivity contribution in [3.63, 3.8) is 0 Å². The zero-order chi connectivity index (χ0) is 16.8. The van der Waals surface area contributed by atoms with E-state index in [1.165, 1.54) is 0 Å². The van der Waals surface area contributed by atoms with Crippen molar-refractivity contribution in [1.29, 1.82) is 0 Å². The summed E-state index contributed by atoms with van der Waals surface area (Å²) in [6.45, 7) is 4.08. The smallest absolute Gasteiger partial charge is 0.309 e. The summed E-state index contributed by atoms with van der Waals surface area (Å²) >= 11 is 0. The first-order valence-electron chi connectivity index (χ1n) is 8.50. The van der Waals surface area contributed by atoms with Crippen LogP contribution in [0.15, 0.2) is 0 Å². The third-order valence-electron chi connectivity index (χ3n) is 5.85. The highest BCUT2D eigenvalue weighted by Gasteiger charge is 2.55. The van der Waals surface area contributed by atoms with Gasteiger partial charge in [0.1, 0.15) is 0 Å². The Morgan fingerprint density at radius 2 is 1.96 bits per heavy atom. The van der Waals surface area contributed by atoms with Crippen molar-refractivity contribution in [3.8, 4) is 0 Å². The van der Waals surface area contributed by atoms with Crippen LogP contribution in [0.25, 0.3) is 0 Å². The quantitative estimate of drug-likeness (QED) is 0.603. The zero-order valence-corrected chi connectivity index (χ0v) is 13.8. The third-order valence-corrected chi connectivity index (χ3v) is 5.85. The number of esters is 1. The van der Waals surface area contributed by atoms with Crippen molar-refractivity contribution in [1.82, 2.24) is 0 Å². The number of ether oxygens (including phenoxy) is 2. The number of fused-ring (bicyclic) bond motifs is 1. The molecule has 1 saturated heterocycles. The number of aliphatic carboxylic acids is 1. The average Bonchev–Trinajstić information content (AvgIpc) is 3.14. The maximum atomic E-state index is 12.3. The van der Waals surface area contributed by atoms with Gasteiger partial charge >= 0.3 is 11.9 Å². The number of carboxylic acid groups (broad SMARTS) is 1. The van der Waals surface area contributed by atoms with Crippen LogP contribution in [0.3, 0.4) is 0 Å². The van der Waals surface area contributed by atoms with Gasteiger partial charge in [-0.2, -0.15) is 0 Å². The number of carbonyl (C=O) groups is 2. The lowest BCUT2D eigenvalue weighted by Gasteiger charge is -2.36. The van der Waals surface area contributed by atoms with E-state index in [-0.39, 0.29) is 18.1 Å². The Morgan fingerprint density at radius 3 is 2.61 bits per heavy atom. The second-order valence-electron chi connectivity index (χ2n) is 7.98. The standard InChI is InChI=1S/C17H26O6/c1-16(21)5-4-11(12(8-16)14(18)19)15(20)22-9-10-3-6-17(2)13(7-10)23-17/h10-13,21H,3-9H2,1-2H3,(H,18,19). The SMILES string of the molecule is CC1(O)CCC(C(=O)OCC2CCC3(C)OC3C2)C(C(=O)O)C1. The lowest BCUT2D eigenvalue weighted by molar-refractivity contribution is -0.165. The van der Waals surface area contributed by atoms with Crippen LogP contribution < -0.4 is 0 Å². The van der Waals surface area contributed by atoms with Gasteiger partial charge in [0.2, 0.25) is 0 Å². The van der Waals surface area contributed by atoms with E-state index in [9.17, 15) is 19.8 Å². The molecule has 0 spiro atoms. The molecule has 6 heteroatoms. The Bertz CT molecular complexity index is 501. The minimum atomic E-state index is -1.04. The number of carboxylic acids is 1. The van der Waals surface area contributed by atoms with Gasteiger partial charge in [-0.3, -0.25) is 9.59 Å². The Labute approximate surface area is 136 Å². The van der Waals surface area contributed by atoms with E-state index in [1.54, 1.807) is 6.92 Å². The van der Waals surface area contributed by atoms with E-state index >= 15 is 0 Å². The molecule has 3 aliphatic rings. The van der Waals surface area contributed by atoms with Gasteiger partial charge in [0.25, 0.3) is 0 Å². The second-order valence-corrected chi connectivity index (χ2v) is 7.98. The minimum absolute atomic E-state index is 0.0455. The van der Waals surface area contributed by atoms with Gasteiger partial charge in [-0.05, 0) is 58.3 Å². The molecule has 6 atom stereocenters. The minimum Gasteiger partial charge on any atom is -0.481 e. The summed E-state index contributed by atoms with van der Waals surface area (Å²) in [6, 6.07) is 0. The van der Waals surface area contributed by atoms with Crippen molar-refractivity contribution in [3.05, 3.63) is 0 Å². The summed E-state index contributed by atoms with van der Waals surface area (Å²) in [5, 5.41) is 19.4. The van der Waals surface area contributed by atoms with Gasteiger partial charge in [-0.25, -0.2) is 0 Å². The summed E-state index contributed by atoms with van der Waals surface area (Å²) in [6.07, 6.45) is 4.04. The molecular formula is C17H26O6. The number of carbonyl (C=O) groups excluding carboxylic acids is 1. The topological polar surface area (TPSA) is 96.4 Å². The highest BCUT2D eigenvalue weighted by atomic mass is 16.6. The Morgan fingerprint density at radius 1 is 1.22 bits per heavy atom. The molecule has 0 bridgehead atoms. The summed E-state index contributed by atoms with van der Waals surface area (Å²) in [5.74, 6) is -2.69. The first kappa shape index (κ1) is 16.7. The highest BCUT2D eigenvalue weighted by Crippen LogP contribution is 2.49. The molecule has 0 amide bonds. The predicted molar refractivity (Wildman–Crippen MR) is 80.7 cm³/mol. The van der Waals surface area contributed by atoms with Crippen LogP contribution in [0.4, 0.5) is 0 Å². The molecule has 1 heterocycles. The normalized spacial score (nSPS) is 45.9. The summed E-state index contributed by atoms with van der Waals surface area (Å²) in [7, 11) is 0. The van der Waals surface area contributed by atoms with E-state index in [2.05, 4.69) is 6.92 Å². The van der Waals surface area contributed by atoms with Crippen LogP contribution in [-0.4, -0.2) is 46.1 Å². The summed E-state index contributed by atoms with van der Waals surface area (Å²) < 4.78 is 11.1. The molecule has 0 radical (unpaired) electrons. The van der Waals surface area contributed by atoms with Crippen molar-refractivity contribution in [2.24, 2.45) is 17.8 Å². The number of aliphatic hydroxyl groups is 1. The van der Waals surface area contributed by atoms with E-state index in [4.69, 9.17) is 9.47 Å². The van der Waals surface area contributed by atoms with Crippen LogP contribution in [0.5, 0.6) is 0 Å². The Balaban J connectivity index is 1.52. The molecule has 2 N–H and O–H groups in total. The monoisotopic (exact) mass is 326 g/mol. The Kier molecular flexibility index (Phi) is 4.17. The van der Waals surface area contributed by atoms with Gasteiger partial charge in [0.15, 0.2) is 0 Å². The van der Waals surface area contributed by atoms with Crippen LogP contribution in [-0.2, 0) is 19.1 Å². The van der Waals surface area contributed by atoms with Crippen LogP contribution in [0.2, 0.25) is 0 Å². The van der Waals surface area contributed by atoms with E-state index < -0.39 is 29.4 Å². The third kappa shape index (κ3) is 3.53. The summed E-state index contributed by atoms with van der Waals surface area (Å²) in [5.41, 5.74) is -0.971. The van der Waals surface area contributed by atoms with Crippen LogP contribution in [0, 0.1) is 17.8 Å². The molecule has 0 aromatic carbocycles. The van der Waals surface area contributed by atoms with E-state index in [0.29, 0.717) is 25.4 Å². The van der Waals surface area contributed by atoms with Crippen LogP contribution in [0.1, 0.15) is 52.4 Å². The van der Waals surface area contributed by atoms with Gasteiger partial charge in [0, 0.05) is 0 Å². The Hall–Kier alpha value is -1.14. The second kappa shape index (κ2) is 5.74. The molecule has 0 aromatic rings. The molecule has 3 fully saturated rings. The van der Waals surface area contributed by atoms with Crippen molar-refractivity contribution in [2.75, 3.05) is 6.61 Å². The van der Waals surface area contributed by atoms with E-state index in [1.807, 2.05) is 0 Å². The molecule has 6 unspecified atom stereocenters. The van der Waals surface area contributed by atoms with E-state index in [0.717, 1.165) is 19.3 Å². The highest BCUT2D eigenvalue weighted by molar-refractivity contribution is 5.81. The molecule has 130 valence electrons. The lowest BCUT2D eigenvalue weighted by atomic mass is 9.72. The maximum Gasteiger partial charge on any atom is 0.309 e. The summed E-state index contributed by atoms with van der Waals surface area (Å²) in [4.78, 5) is 23.7. The molecule has 1 aliphatic heterocycles. The van der Waals surface area contributed by atoms with Crippen LogP contribution >= 0.6 is 0 Å². The number of hydrogen-bond donors (Lipinski definition) is 2. The fourth-order valence-electron chi connectivity index (χ4n) is 4.11. The number of rotatable bonds is 4. The predicted octanol–water partition coefficient (Wildman–Crippen LogP) is 1.74. The average molecular weight is 326 g/mol. The molecule has 2 aliphatic carbocycles.